The van der Waals surface area contributed by atoms with Crippen molar-refractivity contribution in [3.8, 4) is 5.75 Å². The monoisotopic (exact) mass is 378 g/mol. The normalized spacial score (nSPS) is 16.0. The Bertz CT molecular complexity index is 929. The molecule has 1 aliphatic rings. The maximum absolute atomic E-state index is 12.8. The number of nitrogens with one attached hydrogen (secondary N) is 2. The van der Waals surface area contributed by atoms with E-state index in [1.54, 1.807) is 7.11 Å². The summed E-state index contributed by atoms with van der Waals surface area (Å²) >= 11 is 0. The highest BCUT2D eigenvalue weighted by atomic mass is 16.5. The number of aromatic nitrogens is 2. The molecule has 6 heteroatoms. The Morgan fingerprint density at radius 2 is 1.89 bits per heavy atom. The summed E-state index contributed by atoms with van der Waals surface area (Å²) in [4.78, 5) is 15.3. The van der Waals surface area contributed by atoms with E-state index < -0.39 is 0 Å². The Balaban J connectivity index is 1.52. The molecular weight excluding hydrogens is 352 g/mol. The number of likely N-dealkylation sites (tertiary alicyclic amines) is 1. The summed E-state index contributed by atoms with van der Waals surface area (Å²) in [6.45, 7) is 2.65. The van der Waals surface area contributed by atoms with Gasteiger partial charge >= 0.3 is 0 Å². The van der Waals surface area contributed by atoms with E-state index in [-0.39, 0.29) is 11.9 Å². The van der Waals surface area contributed by atoms with E-state index in [4.69, 9.17) is 4.74 Å². The van der Waals surface area contributed by atoms with E-state index in [2.05, 4.69) is 32.5 Å². The van der Waals surface area contributed by atoms with Crippen LogP contribution in [0.1, 0.15) is 41.4 Å². The Hall–Kier alpha value is -2.86. The van der Waals surface area contributed by atoms with Gasteiger partial charge < -0.3 is 10.1 Å². The topological polar surface area (TPSA) is 70.2 Å². The molecule has 3 aromatic rings. The average molecular weight is 378 g/mol. The first-order chi connectivity index (χ1) is 13.8. The molecule has 0 saturated carbocycles. The van der Waals surface area contributed by atoms with Crippen LogP contribution >= 0.6 is 0 Å². The number of nitrogens with zero attached hydrogens (tertiary/aromatic N) is 2. The summed E-state index contributed by atoms with van der Waals surface area (Å²) in [5, 5.41) is 11.1. The second-order valence-electron chi connectivity index (χ2n) is 7.21. The van der Waals surface area contributed by atoms with Crippen molar-refractivity contribution in [2.45, 2.75) is 25.3 Å². The highest BCUT2D eigenvalue weighted by molar-refractivity contribution is 6.04. The number of carbonyl (C=O) groups excluding carboxylic acids is 1. The van der Waals surface area contributed by atoms with Crippen LogP contribution < -0.4 is 10.1 Å². The molecule has 0 unspecified atom stereocenters. The van der Waals surface area contributed by atoms with Gasteiger partial charge in [0.25, 0.3) is 5.91 Å². The molecule has 28 heavy (non-hydrogen) atoms. The Morgan fingerprint density at radius 1 is 1.14 bits per heavy atom. The number of aromatic amines is 1. The molecule has 4 rings (SSSR count). The molecule has 1 atom stereocenters. The lowest BCUT2D eigenvalue weighted by atomic mass is 10.0. The number of rotatable bonds is 6. The minimum Gasteiger partial charge on any atom is -0.497 e. The van der Waals surface area contributed by atoms with Gasteiger partial charge in [0, 0.05) is 11.9 Å². The van der Waals surface area contributed by atoms with Crippen molar-refractivity contribution in [3.05, 3.63) is 59.8 Å². The molecule has 2 aromatic carbocycles. The fraction of sp³-hybridized carbons (Fsp3) is 0.364. The zero-order valence-electron chi connectivity index (χ0n) is 16.1. The summed E-state index contributed by atoms with van der Waals surface area (Å²) in [7, 11) is 1.67. The van der Waals surface area contributed by atoms with Crippen molar-refractivity contribution in [3.63, 3.8) is 0 Å². The van der Waals surface area contributed by atoms with Crippen LogP contribution in [0, 0.1) is 0 Å². The fourth-order valence-corrected chi connectivity index (χ4v) is 3.92. The van der Waals surface area contributed by atoms with Crippen LogP contribution in [0.4, 0.5) is 0 Å². The fourth-order valence-electron chi connectivity index (χ4n) is 3.92. The third-order valence-electron chi connectivity index (χ3n) is 5.47. The van der Waals surface area contributed by atoms with Crippen molar-refractivity contribution >= 4 is 16.8 Å². The van der Waals surface area contributed by atoms with Gasteiger partial charge in [0.05, 0.1) is 18.7 Å². The van der Waals surface area contributed by atoms with Crippen molar-refractivity contribution in [1.29, 1.82) is 0 Å². The number of hydrogen-bond acceptors (Lipinski definition) is 4. The Morgan fingerprint density at radius 3 is 2.64 bits per heavy atom. The van der Waals surface area contributed by atoms with Gasteiger partial charge in [-0.25, -0.2) is 0 Å². The van der Waals surface area contributed by atoms with Gasteiger partial charge in [-0.2, -0.15) is 5.10 Å². The highest BCUT2D eigenvalue weighted by Gasteiger charge is 2.24. The predicted octanol–water partition coefficient (Wildman–Crippen LogP) is 3.53. The molecule has 1 fully saturated rings. The molecule has 0 spiro atoms. The molecule has 1 aliphatic heterocycles. The minimum atomic E-state index is -0.145. The molecule has 0 bridgehead atoms. The van der Waals surface area contributed by atoms with Crippen LogP contribution in [-0.2, 0) is 0 Å². The highest BCUT2D eigenvalue weighted by Crippen LogP contribution is 2.26. The number of benzene rings is 2. The van der Waals surface area contributed by atoms with E-state index in [0.717, 1.165) is 29.7 Å². The molecule has 1 saturated heterocycles. The lowest BCUT2D eigenvalue weighted by Gasteiger charge is -2.35. The molecule has 2 N–H and O–H groups in total. The van der Waals surface area contributed by atoms with Crippen LogP contribution in [0.5, 0.6) is 5.75 Å². The van der Waals surface area contributed by atoms with Gasteiger partial charge in [0.1, 0.15) is 5.75 Å². The van der Waals surface area contributed by atoms with E-state index in [1.165, 1.54) is 24.8 Å². The van der Waals surface area contributed by atoms with E-state index in [1.807, 2.05) is 36.4 Å². The lowest BCUT2D eigenvalue weighted by Crippen LogP contribution is -2.40. The predicted molar refractivity (Wildman–Crippen MR) is 110 cm³/mol. The third kappa shape index (κ3) is 3.87. The van der Waals surface area contributed by atoms with Crippen LogP contribution in [0.25, 0.3) is 10.9 Å². The number of para-hydroxylation sites is 1. The first-order valence-electron chi connectivity index (χ1n) is 9.85. The first-order valence-corrected chi connectivity index (χ1v) is 9.85. The van der Waals surface area contributed by atoms with Crippen LogP contribution in [-0.4, -0.2) is 47.7 Å². The number of ether oxygens (including phenoxy) is 1. The maximum atomic E-state index is 12.8. The van der Waals surface area contributed by atoms with Gasteiger partial charge in [-0.3, -0.25) is 14.8 Å². The number of carbonyl (C=O) groups is 1. The van der Waals surface area contributed by atoms with Crippen molar-refractivity contribution < 1.29 is 9.53 Å². The second-order valence-corrected chi connectivity index (χ2v) is 7.21. The van der Waals surface area contributed by atoms with Gasteiger partial charge in [-0.05, 0) is 49.7 Å². The minimum absolute atomic E-state index is 0.139. The average Bonchev–Trinajstić information content (AvgIpc) is 3.19. The second kappa shape index (κ2) is 8.44. The summed E-state index contributed by atoms with van der Waals surface area (Å²) in [5.41, 5.74) is 2.51. The lowest BCUT2D eigenvalue weighted by molar-refractivity contribution is 0.0921. The SMILES string of the molecule is COc1ccc([C@H](CNC(=O)c2n[nH]c3ccccc23)N2CCCCC2)cc1. The zero-order valence-corrected chi connectivity index (χ0v) is 16.1. The summed E-state index contributed by atoms with van der Waals surface area (Å²) in [6, 6.07) is 16.0. The quantitative estimate of drug-likeness (QED) is 0.688. The molecule has 2 heterocycles. The number of fused-ring (bicyclic) bond motifs is 1. The van der Waals surface area contributed by atoms with E-state index >= 15 is 0 Å². The van der Waals surface area contributed by atoms with Crippen molar-refractivity contribution in [2.24, 2.45) is 0 Å². The Kier molecular flexibility index (Phi) is 5.58. The van der Waals surface area contributed by atoms with Gasteiger partial charge in [0.2, 0.25) is 0 Å². The van der Waals surface area contributed by atoms with Crippen LogP contribution in [0.3, 0.4) is 0 Å². The summed E-state index contributed by atoms with van der Waals surface area (Å²) in [5.74, 6) is 0.696. The van der Waals surface area contributed by atoms with E-state index in [0.29, 0.717) is 12.2 Å². The largest absolute Gasteiger partial charge is 0.497 e. The van der Waals surface area contributed by atoms with Crippen molar-refractivity contribution in [2.75, 3.05) is 26.7 Å². The van der Waals surface area contributed by atoms with E-state index in [9.17, 15) is 4.79 Å². The van der Waals surface area contributed by atoms with Gasteiger partial charge in [0.15, 0.2) is 5.69 Å². The number of hydrogen-bond donors (Lipinski definition) is 2. The molecule has 0 aliphatic carbocycles. The van der Waals surface area contributed by atoms with Crippen LogP contribution in [0.2, 0.25) is 0 Å². The Labute approximate surface area is 164 Å². The third-order valence-corrected chi connectivity index (χ3v) is 5.47. The molecule has 146 valence electrons. The number of piperidine rings is 1. The zero-order chi connectivity index (χ0) is 19.3. The molecule has 1 amide bonds. The summed E-state index contributed by atoms with van der Waals surface area (Å²) < 4.78 is 5.29. The number of H-pyrrole nitrogens is 1. The smallest absolute Gasteiger partial charge is 0.272 e. The number of amides is 1. The first kappa shape index (κ1) is 18.5. The van der Waals surface area contributed by atoms with Gasteiger partial charge in [-0.15, -0.1) is 0 Å². The maximum Gasteiger partial charge on any atom is 0.272 e. The number of methoxy groups -OCH3 is 1. The summed E-state index contributed by atoms with van der Waals surface area (Å²) in [6.07, 6.45) is 3.67. The van der Waals surface area contributed by atoms with Crippen LogP contribution in [0.15, 0.2) is 48.5 Å². The van der Waals surface area contributed by atoms with Crippen molar-refractivity contribution in [1.82, 2.24) is 20.4 Å². The standard InChI is InChI=1S/C22H26N4O2/c1-28-17-11-9-16(10-12-17)20(26-13-5-2-6-14-26)15-23-22(27)21-18-7-3-4-8-19(18)24-25-21/h3-4,7-12,20H,2,5-6,13-15H2,1H3,(H,23,27)(H,24,25)/t20-/m0/s1. The molecule has 0 radical (unpaired) electrons. The molecule has 6 nitrogen and oxygen atoms in total. The van der Waals surface area contributed by atoms with Gasteiger partial charge in [-0.1, -0.05) is 36.8 Å². The molecular formula is C22H26N4O2. The molecule has 1 aromatic heterocycles.